The van der Waals surface area contributed by atoms with Crippen molar-refractivity contribution >= 4 is 17.5 Å². The van der Waals surface area contributed by atoms with Crippen LogP contribution < -0.4 is 5.32 Å². The van der Waals surface area contributed by atoms with Crippen LogP contribution in [0.2, 0.25) is 0 Å². The molecule has 0 unspecified atom stereocenters. The highest BCUT2D eigenvalue weighted by atomic mass is 19.2. The molecule has 20 heavy (non-hydrogen) atoms. The van der Waals surface area contributed by atoms with Crippen LogP contribution in [-0.2, 0) is 9.59 Å². The van der Waals surface area contributed by atoms with Crippen molar-refractivity contribution in [2.45, 2.75) is 20.3 Å². The minimum Gasteiger partial charge on any atom is -0.334 e. The third-order valence-electron chi connectivity index (χ3n) is 2.58. The summed E-state index contributed by atoms with van der Waals surface area (Å²) >= 11 is 0. The summed E-state index contributed by atoms with van der Waals surface area (Å²) in [6, 6.07) is 1.63. The molecule has 0 atom stereocenters. The van der Waals surface area contributed by atoms with Crippen molar-refractivity contribution in [2.75, 3.05) is 18.4 Å². The molecule has 0 aromatic heterocycles. The Balaban J connectivity index is 2.76. The number of carbonyl (C=O) groups excluding carboxylic acids is 2. The summed E-state index contributed by atoms with van der Waals surface area (Å²) in [5, 5.41) is 2.11. The first-order valence-electron chi connectivity index (χ1n) is 6.05. The second-order valence-corrected chi connectivity index (χ2v) is 4.21. The minimum atomic E-state index is -1.65. The van der Waals surface area contributed by atoms with Gasteiger partial charge in [0.1, 0.15) is 0 Å². The van der Waals surface area contributed by atoms with Crippen molar-refractivity contribution in [3.8, 4) is 0 Å². The Morgan fingerprint density at radius 2 is 1.85 bits per heavy atom. The van der Waals surface area contributed by atoms with Crippen molar-refractivity contribution in [2.24, 2.45) is 0 Å². The van der Waals surface area contributed by atoms with Crippen molar-refractivity contribution in [1.29, 1.82) is 0 Å². The number of benzene rings is 1. The Morgan fingerprint density at radius 3 is 2.40 bits per heavy atom. The average Bonchev–Trinajstić information content (AvgIpc) is 2.39. The Bertz CT molecular complexity index is 521. The molecule has 0 spiro atoms. The molecule has 0 radical (unpaired) electrons. The van der Waals surface area contributed by atoms with Crippen molar-refractivity contribution < 1.29 is 22.8 Å². The lowest BCUT2D eigenvalue weighted by atomic mass is 10.2. The highest BCUT2D eigenvalue weighted by molar-refractivity contribution is 5.94. The second kappa shape index (κ2) is 6.93. The number of rotatable bonds is 5. The third kappa shape index (κ3) is 3.97. The molecule has 110 valence electrons. The summed E-state index contributed by atoms with van der Waals surface area (Å²) in [4.78, 5) is 24.2. The van der Waals surface area contributed by atoms with Crippen LogP contribution in [0.3, 0.4) is 0 Å². The van der Waals surface area contributed by atoms with Crippen LogP contribution in [0, 0.1) is 17.5 Å². The monoisotopic (exact) mass is 288 g/mol. The van der Waals surface area contributed by atoms with Gasteiger partial charge in [-0.2, -0.15) is 0 Å². The van der Waals surface area contributed by atoms with E-state index in [0.717, 1.165) is 6.07 Å². The number of halogens is 3. The maximum absolute atomic E-state index is 13.4. The first-order chi connectivity index (χ1) is 9.36. The van der Waals surface area contributed by atoms with E-state index in [9.17, 15) is 22.8 Å². The van der Waals surface area contributed by atoms with E-state index in [4.69, 9.17) is 0 Å². The average molecular weight is 288 g/mol. The lowest BCUT2D eigenvalue weighted by Crippen LogP contribution is -2.37. The maximum Gasteiger partial charge on any atom is 0.244 e. The van der Waals surface area contributed by atoms with Gasteiger partial charge < -0.3 is 10.2 Å². The van der Waals surface area contributed by atoms with Crippen LogP contribution in [-0.4, -0.2) is 29.8 Å². The van der Waals surface area contributed by atoms with Crippen LogP contribution in [0.4, 0.5) is 18.9 Å². The van der Waals surface area contributed by atoms with Gasteiger partial charge in [0.25, 0.3) is 0 Å². The van der Waals surface area contributed by atoms with Gasteiger partial charge in [-0.05, 0) is 18.6 Å². The predicted octanol–water partition coefficient (Wildman–Crippen LogP) is 2.30. The van der Waals surface area contributed by atoms with Crippen molar-refractivity contribution in [3.05, 3.63) is 29.6 Å². The van der Waals surface area contributed by atoms with E-state index in [1.165, 1.54) is 11.8 Å². The summed E-state index contributed by atoms with van der Waals surface area (Å²) < 4.78 is 39.1. The predicted molar refractivity (Wildman–Crippen MR) is 67.5 cm³/mol. The number of amides is 2. The first kappa shape index (κ1) is 16.0. The van der Waals surface area contributed by atoms with Crippen LogP contribution in [0.1, 0.15) is 20.3 Å². The van der Waals surface area contributed by atoms with Gasteiger partial charge >= 0.3 is 0 Å². The summed E-state index contributed by atoms with van der Waals surface area (Å²) in [7, 11) is 0. The van der Waals surface area contributed by atoms with Gasteiger partial charge in [-0.1, -0.05) is 6.92 Å². The molecule has 4 nitrogen and oxygen atoms in total. The third-order valence-corrected chi connectivity index (χ3v) is 2.58. The molecule has 0 aliphatic rings. The molecular weight excluding hydrogens is 273 g/mol. The molecule has 7 heteroatoms. The number of nitrogens with zero attached hydrogens (tertiary/aromatic N) is 1. The summed E-state index contributed by atoms with van der Waals surface area (Å²) in [6.07, 6.45) is 0.659. The summed E-state index contributed by atoms with van der Waals surface area (Å²) in [6.45, 7) is 3.24. The van der Waals surface area contributed by atoms with E-state index in [0.29, 0.717) is 19.0 Å². The molecule has 1 N–H and O–H groups in total. The molecule has 1 rings (SSSR count). The largest absolute Gasteiger partial charge is 0.334 e. The van der Waals surface area contributed by atoms with Crippen molar-refractivity contribution in [3.63, 3.8) is 0 Å². The van der Waals surface area contributed by atoms with Crippen molar-refractivity contribution in [1.82, 2.24) is 4.90 Å². The normalized spacial score (nSPS) is 10.2. The lowest BCUT2D eigenvalue weighted by Gasteiger charge is -2.19. The maximum atomic E-state index is 13.4. The molecule has 0 saturated carbocycles. The van der Waals surface area contributed by atoms with Crippen LogP contribution in [0.5, 0.6) is 0 Å². The number of nitrogens with one attached hydrogen (secondary N) is 1. The van der Waals surface area contributed by atoms with Gasteiger partial charge in [0, 0.05) is 13.5 Å². The fraction of sp³-hybridized carbons (Fsp3) is 0.385. The minimum absolute atomic E-state index is 0.276. The van der Waals surface area contributed by atoms with E-state index in [1.54, 1.807) is 0 Å². The zero-order valence-electron chi connectivity index (χ0n) is 11.2. The number of carbonyl (C=O) groups is 2. The molecule has 0 fully saturated rings. The van der Waals surface area contributed by atoms with E-state index in [1.807, 2.05) is 6.92 Å². The SMILES string of the molecule is CCCN(CC(=O)Nc1ccc(F)c(F)c1F)C(C)=O. The Morgan fingerprint density at radius 1 is 1.20 bits per heavy atom. The van der Waals surface area contributed by atoms with E-state index in [-0.39, 0.29) is 12.5 Å². The smallest absolute Gasteiger partial charge is 0.244 e. The van der Waals surface area contributed by atoms with Crippen LogP contribution in [0.25, 0.3) is 0 Å². The summed E-state index contributed by atoms with van der Waals surface area (Å²) in [5.74, 6) is -5.44. The van der Waals surface area contributed by atoms with E-state index < -0.39 is 29.0 Å². The van der Waals surface area contributed by atoms with Gasteiger partial charge in [0.05, 0.1) is 12.2 Å². The van der Waals surface area contributed by atoms with Gasteiger partial charge in [0.2, 0.25) is 11.8 Å². The number of anilines is 1. The topological polar surface area (TPSA) is 49.4 Å². The highest BCUT2D eigenvalue weighted by Gasteiger charge is 2.17. The van der Waals surface area contributed by atoms with Gasteiger partial charge in [-0.3, -0.25) is 9.59 Å². The fourth-order valence-electron chi connectivity index (χ4n) is 1.60. The Labute approximate surface area is 114 Å². The molecule has 0 aliphatic carbocycles. The van der Waals surface area contributed by atoms with Gasteiger partial charge in [-0.25, -0.2) is 13.2 Å². The molecule has 0 aliphatic heterocycles. The van der Waals surface area contributed by atoms with E-state index >= 15 is 0 Å². The zero-order valence-corrected chi connectivity index (χ0v) is 11.2. The number of hydrogen-bond acceptors (Lipinski definition) is 2. The highest BCUT2D eigenvalue weighted by Crippen LogP contribution is 2.19. The Kier molecular flexibility index (Phi) is 5.54. The quantitative estimate of drug-likeness (QED) is 0.845. The molecule has 1 aromatic rings. The first-order valence-corrected chi connectivity index (χ1v) is 6.05. The second-order valence-electron chi connectivity index (χ2n) is 4.21. The Hall–Kier alpha value is -2.05. The van der Waals surface area contributed by atoms with Crippen LogP contribution in [0.15, 0.2) is 12.1 Å². The lowest BCUT2D eigenvalue weighted by molar-refractivity contribution is -0.132. The van der Waals surface area contributed by atoms with Gasteiger partial charge in [0.15, 0.2) is 17.5 Å². The molecule has 1 aromatic carbocycles. The number of hydrogen-bond donors (Lipinski definition) is 1. The van der Waals surface area contributed by atoms with Crippen LogP contribution >= 0.6 is 0 Å². The molecule has 0 heterocycles. The standard InChI is InChI=1S/C13H15F3N2O2/c1-3-6-18(8(2)19)7-11(20)17-10-5-4-9(14)12(15)13(10)16/h4-5H,3,6-7H2,1-2H3,(H,17,20). The summed E-state index contributed by atoms with van der Waals surface area (Å²) in [5.41, 5.74) is -0.464. The van der Waals surface area contributed by atoms with E-state index in [2.05, 4.69) is 5.32 Å². The zero-order chi connectivity index (χ0) is 15.3. The van der Waals surface area contributed by atoms with Gasteiger partial charge in [-0.15, -0.1) is 0 Å². The molecular formula is C13H15F3N2O2. The fourth-order valence-corrected chi connectivity index (χ4v) is 1.60. The molecule has 0 saturated heterocycles. The molecule has 0 bridgehead atoms. The molecule has 2 amide bonds.